The zero-order valence-corrected chi connectivity index (χ0v) is 11.3. The average Bonchev–Trinajstić information content (AvgIpc) is 2.07. The van der Waals surface area contributed by atoms with Gasteiger partial charge in [0.05, 0.1) is 0 Å². The van der Waals surface area contributed by atoms with Gasteiger partial charge in [-0.1, -0.05) is 29.8 Å². The maximum atomic E-state index is 6.07. The van der Waals surface area contributed by atoms with Gasteiger partial charge in [-0.05, 0) is 44.0 Å². The second kappa shape index (κ2) is 3.24. The van der Waals surface area contributed by atoms with Gasteiger partial charge < -0.3 is 4.74 Å². The molecule has 2 rings (SSSR count). The van der Waals surface area contributed by atoms with Gasteiger partial charge in [0, 0.05) is 9.89 Å². The molecule has 0 amide bonds. The van der Waals surface area contributed by atoms with Crippen LogP contribution >= 0.6 is 15.9 Å². The smallest absolute Gasteiger partial charge is 0.123 e. The van der Waals surface area contributed by atoms with Crippen molar-refractivity contribution in [2.24, 2.45) is 5.41 Å². The fourth-order valence-electron chi connectivity index (χ4n) is 1.89. The van der Waals surface area contributed by atoms with Gasteiger partial charge in [0.1, 0.15) is 11.4 Å². The van der Waals surface area contributed by atoms with Crippen LogP contribution in [-0.2, 0) is 6.42 Å². The van der Waals surface area contributed by atoms with Gasteiger partial charge in [-0.25, -0.2) is 0 Å². The summed E-state index contributed by atoms with van der Waals surface area (Å²) < 4.78 is 7.19. The van der Waals surface area contributed by atoms with Crippen molar-refractivity contribution < 1.29 is 4.74 Å². The lowest BCUT2D eigenvalue weighted by atomic mass is 9.71. The fourth-order valence-corrected chi connectivity index (χ4v) is 2.30. The second-order valence-corrected chi connectivity index (χ2v) is 6.34. The molecule has 0 aromatic heterocycles. The Morgan fingerprint density at radius 2 is 1.87 bits per heavy atom. The number of hydrogen-bond acceptors (Lipinski definition) is 1. The molecule has 0 unspecified atom stereocenters. The molecule has 1 heterocycles. The molecule has 0 saturated carbocycles. The van der Waals surface area contributed by atoms with Crippen LogP contribution in [0.4, 0.5) is 0 Å². The molecular weight excluding hydrogens is 252 g/mol. The highest BCUT2D eigenvalue weighted by molar-refractivity contribution is 9.10. The monoisotopic (exact) mass is 268 g/mol. The molecule has 1 aromatic rings. The van der Waals surface area contributed by atoms with Crippen LogP contribution in [0.15, 0.2) is 22.7 Å². The van der Waals surface area contributed by atoms with Crippen molar-refractivity contribution >= 4 is 15.9 Å². The van der Waals surface area contributed by atoms with Crippen LogP contribution in [0.2, 0.25) is 0 Å². The molecule has 0 bridgehead atoms. The first-order valence-corrected chi connectivity index (χ1v) is 6.09. The van der Waals surface area contributed by atoms with E-state index in [9.17, 15) is 0 Å². The van der Waals surface area contributed by atoms with E-state index in [4.69, 9.17) is 4.74 Å². The topological polar surface area (TPSA) is 9.23 Å². The highest BCUT2D eigenvalue weighted by Crippen LogP contribution is 2.45. The van der Waals surface area contributed by atoms with Crippen LogP contribution in [-0.4, -0.2) is 5.60 Å². The minimum absolute atomic E-state index is 0.103. The quantitative estimate of drug-likeness (QED) is 0.686. The predicted octanol–water partition coefficient (Wildman–Crippen LogP) is 4.19. The summed E-state index contributed by atoms with van der Waals surface area (Å²) in [4.78, 5) is 0. The lowest BCUT2D eigenvalue weighted by molar-refractivity contribution is -0.0270. The van der Waals surface area contributed by atoms with Gasteiger partial charge in [0.15, 0.2) is 0 Å². The number of hydrogen-bond donors (Lipinski definition) is 0. The number of fused-ring (bicyclic) bond motifs is 1. The summed E-state index contributed by atoms with van der Waals surface area (Å²) in [6.07, 6.45) is 1.06. The highest BCUT2D eigenvalue weighted by Gasteiger charge is 2.43. The molecule has 0 fully saturated rings. The summed E-state index contributed by atoms with van der Waals surface area (Å²) in [5, 5.41) is 0. The third kappa shape index (κ3) is 1.80. The van der Waals surface area contributed by atoms with Crippen molar-refractivity contribution in [1.29, 1.82) is 0 Å². The fraction of sp³-hybridized carbons (Fsp3) is 0.538. The van der Waals surface area contributed by atoms with Gasteiger partial charge in [-0.2, -0.15) is 0 Å². The first-order chi connectivity index (χ1) is 6.82. The van der Waals surface area contributed by atoms with E-state index in [1.165, 1.54) is 5.56 Å². The second-order valence-electron chi connectivity index (χ2n) is 5.43. The molecule has 0 spiro atoms. The van der Waals surface area contributed by atoms with Gasteiger partial charge in [-0.15, -0.1) is 0 Å². The number of rotatable bonds is 0. The molecule has 15 heavy (non-hydrogen) atoms. The third-order valence-electron chi connectivity index (χ3n) is 3.65. The predicted molar refractivity (Wildman–Crippen MR) is 66.3 cm³/mol. The molecule has 0 saturated heterocycles. The van der Waals surface area contributed by atoms with Crippen LogP contribution < -0.4 is 4.74 Å². The van der Waals surface area contributed by atoms with Gasteiger partial charge in [-0.3, -0.25) is 0 Å². The highest BCUT2D eigenvalue weighted by atomic mass is 79.9. The van der Waals surface area contributed by atoms with E-state index in [2.05, 4.69) is 55.8 Å². The number of halogens is 1. The molecule has 0 N–H and O–H groups in total. The molecule has 0 radical (unpaired) electrons. The van der Waals surface area contributed by atoms with Crippen molar-refractivity contribution in [1.82, 2.24) is 0 Å². The molecule has 1 aliphatic heterocycles. The first-order valence-electron chi connectivity index (χ1n) is 5.29. The van der Waals surface area contributed by atoms with Crippen LogP contribution in [0, 0.1) is 5.41 Å². The van der Waals surface area contributed by atoms with E-state index >= 15 is 0 Å². The van der Waals surface area contributed by atoms with E-state index in [0.29, 0.717) is 0 Å². The molecule has 1 nitrogen and oxygen atoms in total. The lowest BCUT2D eigenvalue weighted by Crippen LogP contribution is -2.48. The minimum atomic E-state index is -0.103. The maximum absolute atomic E-state index is 6.07. The molecule has 0 atom stereocenters. The van der Waals surface area contributed by atoms with Crippen molar-refractivity contribution in [2.45, 2.75) is 39.7 Å². The minimum Gasteiger partial charge on any atom is -0.487 e. The van der Waals surface area contributed by atoms with E-state index in [1.54, 1.807) is 0 Å². The molecular formula is C13H17BrO. The Hall–Kier alpha value is -0.500. The first kappa shape index (κ1) is 11.0. The van der Waals surface area contributed by atoms with E-state index < -0.39 is 0 Å². The van der Waals surface area contributed by atoms with Gasteiger partial charge in [0.25, 0.3) is 0 Å². The zero-order valence-electron chi connectivity index (χ0n) is 9.73. The molecule has 1 aliphatic rings. The summed E-state index contributed by atoms with van der Waals surface area (Å²) in [5.41, 5.74) is 1.36. The van der Waals surface area contributed by atoms with Crippen LogP contribution in [0.5, 0.6) is 5.75 Å². The third-order valence-corrected chi connectivity index (χ3v) is 4.14. The summed E-state index contributed by atoms with van der Waals surface area (Å²) in [7, 11) is 0. The molecule has 2 heteroatoms. The Balaban J connectivity index is 2.47. The van der Waals surface area contributed by atoms with Crippen LogP contribution in [0.1, 0.15) is 33.3 Å². The van der Waals surface area contributed by atoms with Crippen molar-refractivity contribution in [3.63, 3.8) is 0 Å². The zero-order chi connectivity index (χ0) is 11.3. The van der Waals surface area contributed by atoms with Crippen LogP contribution in [0.25, 0.3) is 0 Å². The van der Waals surface area contributed by atoms with Gasteiger partial charge >= 0.3 is 0 Å². The SMILES string of the molecule is CC1(C)Cc2cc(Br)ccc2OC1(C)C. The average molecular weight is 269 g/mol. The Morgan fingerprint density at radius 1 is 1.20 bits per heavy atom. The number of benzene rings is 1. The van der Waals surface area contributed by atoms with Crippen molar-refractivity contribution in [3.8, 4) is 5.75 Å². The standard InChI is InChI=1S/C13H17BrO/c1-12(2)8-9-7-10(14)5-6-11(9)15-13(12,3)4/h5-7H,8H2,1-4H3. The Morgan fingerprint density at radius 3 is 2.53 bits per heavy atom. The summed E-state index contributed by atoms with van der Waals surface area (Å²) >= 11 is 3.50. The maximum Gasteiger partial charge on any atom is 0.123 e. The van der Waals surface area contributed by atoms with E-state index in [-0.39, 0.29) is 11.0 Å². The molecule has 0 aliphatic carbocycles. The summed E-state index contributed by atoms with van der Waals surface area (Å²) in [5.74, 6) is 1.03. The Labute approximate surface area is 100.0 Å². The number of ether oxygens (including phenoxy) is 1. The van der Waals surface area contributed by atoms with Crippen molar-refractivity contribution in [2.75, 3.05) is 0 Å². The Kier molecular flexibility index (Phi) is 2.38. The van der Waals surface area contributed by atoms with Crippen molar-refractivity contribution in [3.05, 3.63) is 28.2 Å². The Bertz CT molecular complexity index is 394. The van der Waals surface area contributed by atoms with Crippen LogP contribution in [0.3, 0.4) is 0 Å². The summed E-state index contributed by atoms with van der Waals surface area (Å²) in [6.45, 7) is 8.85. The summed E-state index contributed by atoms with van der Waals surface area (Å²) in [6, 6.07) is 6.25. The molecule has 1 aromatic carbocycles. The molecule has 82 valence electrons. The largest absolute Gasteiger partial charge is 0.487 e. The normalized spacial score (nSPS) is 21.7. The van der Waals surface area contributed by atoms with E-state index in [1.807, 2.05) is 6.07 Å². The van der Waals surface area contributed by atoms with Gasteiger partial charge in [0.2, 0.25) is 0 Å². The lowest BCUT2D eigenvalue weighted by Gasteiger charge is -2.46. The van der Waals surface area contributed by atoms with E-state index in [0.717, 1.165) is 16.6 Å².